The van der Waals surface area contributed by atoms with Gasteiger partial charge in [-0.3, -0.25) is 0 Å². The maximum absolute atomic E-state index is 3.52. The van der Waals surface area contributed by atoms with Crippen LogP contribution >= 0.6 is 0 Å². The Morgan fingerprint density at radius 2 is 1.95 bits per heavy atom. The van der Waals surface area contributed by atoms with Crippen LogP contribution in [0.2, 0.25) is 0 Å². The van der Waals surface area contributed by atoms with E-state index < -0.39 is 0 Å². The zero-order valence-corrected chi connectivity index (χ0v) is 12.8. The predicted molar refractivity (Wildman–Crippen MR) is 84.9 cm³/mol. The smallest absolute Gasteiger partial charge is 0.00480 e. The van der Waals surface area contributed by atoms with Crippen LogP contribution in [-0.4, -0.2) is 37.6 Å². The Hall–Kier alpha value is -0.860. The first-order valence-corrected chi connectivity index (χ1v) is 8.21. The third-order valence-electron chi connectivity index (χ3n) is 5.14. The molecular weight excluding hydrogens is 244 g/mol. The van der Waals surface area contributed by atoms with Crippen LogP contribution in [0.4, 0.5) is 0 Å². The second-order valence-electron chi connectivity index (χ2n) is 7.15. The van der Waals surface area contributed by atoms with E-state index in [1.54, 1.807) is 0 Å². The van der Waals surface area contributed by atoms with Gasteiger partial charge in [0.15, 0.2) is 0 Å². The molecule has 110 valence electrons. The van der Waals surface area contributed by atoms with E-state index in [0.29, 0.717) is 5.41 Å². The molecular formula is C18H28N2. The summed E-state index contributed by atoms with van der Waals surface area (Å²) in [6.45, 7) is 8.75. The zero-order chi connectivity index (χ0) is 13.8. The van der Waals surface area contributed by atoms with E-state index in [9.17, 15) is 0 Å². The van der Waals surface area contributed by atoms with Crippen molar-refractivity contribution in [2.24, 2.45) is 11.3 Å². The minimum absolute atomic E-state index is 0.520. The summed E-state index contributed by atoms with van der Waals surface area (Å²) in [6.07, 6.45) is 5.36. The van der Waals surface area contributed by atoms with Crippen molar-refractivity contribution in [3.63, 3.8) is 0 Å². The first-order chi connectivity index (χ1) is 9.73. The third-order valence-corrected chi connectivity index (χ3v) is 5.14. The molecule has 0 radical (unpaired) electrons. The highest BCUT2D eigenvalue weighted by Gasteiger charge is 2.31. The summed E-state index contributed by atoms with van der Waals surface area (Å²) in [6, 6.07) is 11.0. The van der Waals surface area contributed by atoms with E-state index in [1.165, 1.54) is 64.0 Å². The molecule has 2 fully saturated rings. The molecule has 0 amide bonds. The lowest BCUT2D eigenvalue weighted by Gasteiger charge is -2.37. The molecule has 2 heterocycles. The van der Waals surface area contributed by atoms with E-state index in [1.807, 2.05) is 0 Å². The number of likely N-dealkylation sites (tertiary alicyclic amines) is 1. The van der Waals surface area contributed by atoms with Gasteiger partial charge in [-0.05, 0) is 62.2 Å². The van der Waals surface area contributed by atoms with E-state index in [0.717, 1.165) is 5.92 Å². The summed E-state index contributed by atoms with van der Waals surface area (Å²) in [7, 11) is 0. The van der Waals surface area contributed by atoms with Gasteiger partial charge in [0.25, 0.3) is 0 Å². The molecule has 1 atom stereocenters. The van der Waals surface area contributed by atoms with Crippen LogP contribution in [-0.2, 0) is 6.42 Å². The van der Waals surface area contributed by atoms with Crippen LogP contribution in [0.1, 0.15) is 31.7 Å². The first kappa shape index (κ1) is 14.1. The van der Waals surface area contributed by atoms with Gasteiger partial charge in [0.1, 0.15) is 0 Å². The molecule has 2 saturated heterocycles. The molecule has 0 saturated carbocycles. The van der Waals surface area contributed by atoms with E-state index >= 15 is 0 Å². The molecule has 2 heteroatoms. The number of piperidine rings is 1. The highest BCUT2D eigenvalue weighted by atomic mass is 15.1. The Balaban J connectivity index is 1.45. The first-order valence-electron chi connectivity index (χ1n) is 8.21. The molecule has 0 bridgehead atoms. The van der Waals surface area contributed by atoms with Crippen LogP contribution in [0, 0.1) is 11.3 Å². The Kier molecular flexibility index (Phi) is 4.42. The maximum atomic E-state index is 3.52. The summed E-state index contributed by atoms with van der Waals surface area (Å²) in [5.74, 6) is 0.892. The minimum atomic E-state index is 0.520. The Morgan fingerprint density at radius 1 is 1.20 bits per heavy atom. The number of hydrogen-bond acceptors (Lipinski definition) is 2. The predicted octanol–water partition coefficient (Wildman–Crippen LogP) is 2.94. The van der Waals surface area contributed by atoms with Crippen molar-refractivity contribution < 1.29 is 0 Å². The molecule has 3 rings (SSSR count). The summed E-state index contributed by atoms with van der Waals surface area (Å²) in [5, 5.41) is 3.52. The van der Waals surface area contributed by atoms with E-state index in [4.69, 9.17) is 0 Å². The largest absolute Gasteiger partial charge is 0.316 e. The fourth-order valence-corrected chi connectivity index (χ4v) is 3.84. The standard InChI is InChI=1S/C18H28N2/c1-18(9-10-19-14-18)15-20-11-7-17(8-12-20)13-16-5-3-2-4-6-16/h2-6,17,19H,7-15H2,1H3. The molecule has 2 aliphatic rings. The molecule has 0 aliphatic carbocycles. The van der Waals surface area contributed by atoms with Gasteiger partial charge in [0.05, 0.1) is 0 Å². The fourth-order valence-electron chi connectivity index (χ4n) is 3.84. The van der Waals surface area contributed by atoms with Crippen molar-refractivity contribution in [1.29, 1.82) is 0 Å². The second-order valence-corrected chi connectivity index (χ2v) is 7.15. The van der Waals surface area contributed by atoms with Crippen molar-refractivity contribution in [3.8, 4) is 0 Å². The number of nitrogens with one attached hydrogen (secondary N) is 1. The number of nitrogens with zero attached hydrogens (tertiary/aromatic N) is 1. The van der Waals surface area contributed by atoms with Gasteiger partial charge in [0, 0.05) is 13.1 Å². The quantitative estimate of drug-likeness (QED) is 0.906. The third kappa shape index (κ3) is 3.62. The van der Waals surface area contributed by atoms with Crippen LogP contribution < -0.4 is 5.32 Å². The molecule has 1 N–H and O–H groups in total. The van der Waals surface area contributed by atoms with Crippen LogP contribution in [0.3, 0.4) is 0 Å². The summed E-state index contributed by atoms with van der Waals surface area (Å²) < 4.78 is 0. The van der Waals surface area contributed by atoms with Gasteiger partial charge in [-0.2, -0.15) is 0 Å². The van der Waals surface area contributed by atoms with Crippen LogP contribution in [0.25, 0.3) is 0 Å². The van der Waals surface area contributed by atoms with Gasteiger partial charge in [-0.1, -0.05) is 37.3 Å². The lowest BCUT2D eigenvalue weighted by atomic mass is 9.86. The van der Waals surface area contributed by atoms with Crippen molar-refractivity contribution in [2.45, 2.75) is 32.6 Å². The average Bonchev–Trinajstić information content (AvgIpc) is 2.89. The van der Waals surface area contributed by atoms with Crippen molar-refractivity contribution in [2.75, 3.05) is 32.7 Å². The molecule has 20 heavy (non-hydrogen) atoms. The lowest BCUT2D eigenvalue weighted by Crippen LogP contribution is -2.42. The molecule has 1 aromatic rings. The van der Waals surface area contributed by atoms with Gasteiger partial charge in [-0.15, -0.1) is 0 Å². The Bertz CT molecular complexity index is 401. The monoisotopic (exact) mass is 272 g/mol. The van der Waals surface area contributed by atoms with E-state index in [-0.39, 0.29) is 0 Å². The molecule has 1 aromatic carbocycles. The summed E-state index contributed by atoms with van der Waals surface area (Å²) in [4.78, 5) is 2.70. The van der Waals surface area contributed by atoms with Gasteiger partial charge >= 0.3 is 0 Å². The summed E-state index contributed by atoms with van der Waals surface area (Å²) >= 11 is 0. The normalized spacial score (nSPS) is 28.9. The number of hydrogen-bond donors (Lipinski definition) is 1. The molecule has 2 nitrogen and oxygen atoms in total. The lowest BCUT2D eigenvalue weighted by molar-refractivity contribution is 0.128. The number of rotatable bonds is 4. The van der Waals surface area contributed by atoms with Crippen molar-refractivity contribution in [1.82, 2.24) is 10.2 Å². The minimum Gasteiger partial charge on any atom is -0.316 e. The van der Waals surface area contributed by atoms with Crippen molar-refractivity contribution >= 4 is 0 Å². The highest BCUT2D eigenvalue weighted by molar-refractivity contribution is 5.15. The maximum Gasteiger partial charge on any atom is 0.00480 e. The van der Waals surface area contributed by atoms with E-state index in [2.05, 4.69) is 47.5 Å². The van der Waals surface area contributed by atoms with Gasteiger partial charge < -0.3 is 10.2 Å². The Morgan fingerprint density at radius 3 is 2.60 bits per heavy atom. The molecule has 2 aliphatic heterocycles. The SMILES string of the molecule is CC1(CN2CCC(Cc3ccccc3)CC2)CCNC1. The number of benzene rings is 1. The summed E-state index contributed by atoms with van der Waals surface area (Å²) in [5.41, 5.74) is 2.03. The van der Waals surface area contributed by atoms with Gasteiger partial charge in [0.2, 0.25) is 0 Å². The van der Waals surface area contributed by atoms with Gasteiger partial charge in [-0.25, -0.2) is 0 Å². The van der Waals surface area contributed by atoms with Crippen LogP contribution in [0.15, 0.2) is 30.3 Å². The topological polar surface area (TPSA) is 15.3 Å². The fraction of sp³-hybridized carbons (Fsp3) is 0.667. The average molecular weight is 272 g/mol. The Labute approximate surface area is 123 Å². The molecule has 0 aromatic heterocycles. The zero-order valence-electron chi connectivity index (χ0n) is 12.8. The molecule has 1 unspecified atom stereocenters. The second kappa shape index (κ2) is 6.28. The molecule has 0 spiro atoms. The van der Waals surface area contributed by atoms with Crippen LogP contribution in [0.5, 0.6) is 0 Å². The van der Waals surface area contributed by atoms with Crippen molar-refractivity contribution in [3.05, 3.63) is 35.9 Å². The highest BCUT2D eigenvalue weighted by Crippen LogP contribution is 2.29.